The summed E-state index contributed by atoms with van der Waals surface area (Å²) in [4.78, 5) is 16.4. The van der Waals surface area contributed by atoms with Crippen molar-refractivity contribution in [3.05, 3.63) is 40.4 Å². The van der Waals surface area contributed by atoms with Crippen LogP contribution in [-0.4, -0.2) is 23.5 Å². The van der Waals surface area contributed by atoms with E-state index in [-0.39, 0.29) is 11.9 Å². The molecule has 4 N–H and O–H groups in total. The Balaban J connectivity index is 1.51. The molecule has 1 aliphatic heterocycles. The minimum atomic E-state index is -0.178. The molecule has 2 heterocycles. The van der Waals surface area contributed by atoms with E-state index < -0.39 is 0 Å². The fourth-order valence-electron chi connectivity index (χ4n) is 2.52. The van der Waals surface area contributed by atoms with Crippen molar-refractivity contribution >= 4 is 28.1 Å². The number of hydrogen-bond acceptors (Lipinski definition) is 5. The summed E-state index contributed by atoms with van der Waals surface area (Å²) >= 11 is 1.42. The van der Waals surface area contributed by atoms with Gasteiger partial charge in [0.15, 0.2) is 5.13 Å². The molecule has 110 valence electrons. The molecule has 5 nitrogen and oxygen atoms in total. The van der Waals surface area contributed by atoms with Gasteiger partial charge >= 0.3 is 0 Å². The molecule has 1 atom stereocenters. The van der Waals surface area contributed by atoms with E-state index in [0.717, 1.165) is 17.8 Å². The van der Waals surface area contributed by atoms with Crippen LogP contribution < -0.4 is 16.4 Å². The van der Waals surface area contributed by atoms with E-state index in [4.69, 9.17) is 5.73 Å². The van der Waals surface area contributed by atoms with Gasteiger partial charge in [0.25, 0.3) is 0 Å². The van der Waals surface area contributed by atoms with Gasteiger partial charge in [0.1, 0.15) is 6.04 Å². The van der Waals surface area contributed by atoms with Gasteiger partial charge in [-0.25, -0.2) is 4.98 Å². The maximum absolute atomic E-state index is 12.2. The number of hydrogen-bond donors (Lipinski definition) is 3. The summed E-state index contributed by atoms with van der Waals surface area (Å²) in [5.41, 5.74) is 10.0. The molecule has 6 heteroatoms. The zero-order chi connectivity index (χ0) is 14.8. The Bertz CT molecular complexity index is 667. The molecule has 0 saturated carbocycles. The summed E-state index contributed by atoms with van der Waals surface area (Å²) in [6, 6.07) is 6.05. The normalized spacial score (nSPS) is 16.3. The molecule has 0 fully saturated rings. The van der Waals surface area contributed by atoms with Crippen molar-refractivity contribution in [2.45, 2.75) is 25.8 Å². The van der Waals surface area contributed by atoms with Crippen LogP contribution in [0.3, 0.4) is 0 Å². The molecule has 0 saturated heterocycles. The van der Waals surface area contributed by atoms with Gasteiger partial charge in [0.2, 0.25) is 5.91 Å². The first-order valence-electron chi connectivity index (χ1n) is 6.95. The van der Waals surface area contributed by atoms with Crippen molar-refractivity contribution in [2.75, 3.05) is 17.6 Å². The number of amides is 1. The third-order valence-electron chi connectivity index (χ3n) is 3.58. The molecule has 3 rings (SSSR count). The molecule has 1 amide bonds. The number of nitrogens with zero attached hydrogens (tertiary/aromatic N) is 1. The zero-order valence-corrected chi connectivity index (χ0v) is 12.7. The summed E-state index contributed by atoms with van der Waals surface area (Å²) in [6.45, 7) is 2.64. The van der Waals surface area contributed by atoms with E-state index >= 15 is 0 Å². The molecule has 0 radical (unpaired) electrons. The standard InChI is InChI=1S/C15H18N4OS/c1-9-2-3-12-10(6-9)7-13(19-12)14(20)17-5-4-11-8-21-15(16)18-11/h2-3,6,8,13,19H,4-5,7H2,1H3,(H2,16,18)(H,17,20)/t13-/m1/s1. The van der Waals surface area contributed by atoms with Crippen molar-refractivity contribution in [1.29, 1.82) is 0 Å². The van der Waals surface area contributed by atoms with Gasteiger partial charge in [-0.1, -0.05) is 17.7 Å². The van der Waals surface area contributed by atoms with Crippen molar-refractivity contribution in [2.24, 2.45) is 0 Å². The molecule has 1 aromatic carbocycles. The van der Waals surface area contributed by atoms with Crippen LogP contribution in [0.2, 0.25) is 0 Å². The number of rotatable bonds is 4. The molecule has 0 aliphatic carbocycles. The lowest BCUT2D eigenvalue weighted by Gasteiger charge is -2.11. The number of aromatic nitrogens is 1. The first kappa shape index (κ1) is 13.9. The van der Waals surface area contributed by atoms with Gasteiger partial charge in [-0.3, -0.25) is 4.79 Å². The van der Waals surface area contributed by atoms with Gasteiger partial charge in [0, 0.05) is 30.5 Å². The van der Waals surface area contributed by atoms with Gasteiger partial charge in [0.05, 0.1) is 5.69 Å². The zero-order valence-electron chi connectivity index (χ0n) is 11.8. The van der Waals surface area contributed by atoms with Gasteiger partial charge in [-0.05, 0) is 18.6 Å². The quantitative estimate of drug-likeness (QED) is 0.803. The topological polar surface area (TPSA) is 80.0 Å². The molecule has 1 aromatic heterocycles. The number of fused-ring (bicyclic) bond motifs is 1. The number of anilines is 2. The molecular formula is C15H18N4OS. The highest BCUT2D eigenvalue weighted by Crippen LogP contribution is 2.26. The largest absolute Gasteiger partial charge is 0.375 e. The highest BCUT2D eigenvalue weighted by molar-refractivity contribution is 7.13. The van der Waals surface area contributed by atoms with Crippen LogP contribution in [0, 0.1) is 6.92 Å². The lowest BCUT2D eigenvalue weighted by molar-refractivity contribution is -0.121. The van der Waals surface area contributed by atoms with E-state index in [2.05, 4.69) is 34.7 Å². The Kier molecular flexibility index (Phi) is 3.79. The van der Waals surface area contributed by atoms with Gasteiger partial charge < -0.3 is 16.4 Å². The SMILES string of the molecule is Cc1ccc2c(c1)C[C@H](C(=O)NCCc1csc(N)n1)N2. The molecule has 2 aromatic rings. The number of carbonyl (C=O) groups excluding carboxylic acids is 1. The lowest BCUT2D eigenvalue weighted by atomic mass is 10.1. The van der Waals surface area contributed by atoms with Crippen molar-refractivity contribution in [3.8, 4) is 0 Å². The lowest BCUT2D eigenvalue weighted by Crippen LogP contribution is -2.39. The first-order chi connectivity index (χ1) is 10.1. The van der Waals surface area contributed by atoms with Crippen LogP contribution in [0.4, 0.5) is 10.8 Å². The number of thiazole rings is 1. The van der Waals surface area contributed by atoms with Crippen LogP contribution in [0.1, 0.15) is 16.8 Å². The van der Waals surface area contributed by atoms with Crippen LogP contribution in [0.25, 0.3) is 0 Å². The highest BCUT2D eigenvalue weighted by atomic mass is 32.1. The number of nitrogens with one attached hydrogen (secondary N) is 2. The second-order valence-electron chi connectivity index (χ2n) is 5.28. The number of carbonyl (C=O) groups is 1. The number of aryl methyl sites for hydroxylation is 1. The predicted molar refractivity (Wildman–Crippen MR) is 85.5 cm³/mol. The molecular weight excluding hydrogens is 284 g/mol. The second kappa shape index (κ2) is 5.73. The number of nitrogens with two attached hydrogens (primary N) is 1. The van der Waals surface area contributed by atoms with Crippen molar-refractivity contribution in [3.63, 3.8) is 0 Å². The average Bonchev–Trinajstić information content (AvgIpc) is 3.04. The highest BCUT2D eigenvalue weighted by Gasteiger charge is 2.26. The Labute approximate surface area is 127 Å². The fourth-order valence-corrected chi connectivity index (χ4v) is 3.12. The average molecular weight is 302 g/mol. The van der Waals surface area contributed by atoms with Gasteiger partial charge in [-0.15, -0.1) is 11.3 Å². The summed E-state index contributed by atoms with van der Waals surface area (Å²) in [5, 5.41) is 8.72. The maximum Gasteiger partial charge on any atom is 0.242 e. The molecule has 1 aliphatic rings. The Morgan fingerprint density at radius 2 is 2.43 bits per heavy atom. The van der Waals surface area contributed by atoms with E-state index in [1.54, 1.807) is 0 Å². The second-order valence-corrected chi connectivity index (χ2v) is 6.17. The van der Waals surface area contributed by atoms with Crippen LogP contribution in [0.5, 0.6) is 0 Å². The smallest absolute Gasteiger partial charge is 0.242 e. The van der Waals surface area contributed by atoms with Crippen LogP contribution >= 0.6 is 11.3 Å². The summed E-state index contributed by atoms with van der Waals surface area (Å²) in [5.74, 6) is 0.0343. The number of benzene rings is 1. The van der Waals surface area contributed by atoms with Crippen LogP contribution in [-0.2, 0) is 17.6 Å². The molecule has 21 heavy (non-hydrogen) atoms. The summed E-state index contributed by atoms with van der Waals surface area (Å²) < 4.78 is 0. The van der Waals surface area contributed by atoms with E-state index in [1.807, 2.05) is 11.4 Å². The first-order valence-corrected chi connectivity index (χ1v) is 7.83. The Morgan fingerprint density at radius 1 is 1.57 bits per heavy atom. The van der Waals surface area contributed by atoms with Crippen molar-refractivity contribution < 1.29 is 4.79 Å². The Hall–Kier alpha value is -2.08. The van der Waals surface area contributed by atoms with E-state index in [9.17, 15) is 4.79 Å². The monoisotopic (exact) mass is 302 g/mol. The Morgan fingerprint density at radius 3 is 3.19 bits per heavy atom. The third-order valence-corrected chi connectivity index (χ3v) is 4.30. The molecule has 0 bridgehead atoms. The minimum Gasteiger partial charge on any atom is -0.375 e. The minimum absolute atomic E-state index is 0.0343. The molecule has 0 spiro atoms. The summed E-state index contributed by atoms with van der Waals surface area (Å²) in [7, 11) is 0. The molecule has 0 unspecified atom stereocenters. The fraction of sp³-hybridized carbons (Fsp3) is 0.333. The maximum atomic E-state index is 12.2. The van der Waals surface area contributed by atoms with Crippen LogP contribution in [0.15, 0.2) is 23.6 Å². The van der Waals surface area contributed by atoms with Crippen molar-refractivity contribution in [1.82, 2.24) is 10.3 Å². The van der Waals surface area contributed by atoms with E-state index in [0.29, 0.717) is 18.1 Å². The summed E-state index contributed by atoms with van der Waals surface area (Å²) in [6.07, 6.45) is 1.45. The van der Waals surface area contributed by atoms with E-state index in [1.165, 1.54) is 22.5 Å². The number of nitrogen functional groups attached to an aromatic ring is 1. The third kappa shape index (κ3) is 3.16. The van der Waals surface area contributed by atoms with Gasteiger partial charge in [-0.2, -0.15) is 0 Å². The predicted octanol–water partition coefficient (Wildman–Crippen LogP) is 1.73.